The van der Waals surface area contributed by atoms with E-state index in [1.165, 1.54) is 38.5 Å². The fourth-order valence-electron chi connectivity index (χ4n) is 9.34. The molecule has 0 aromatic heterocycles. The molecule has 3 nitrogen and oxygen atoms in total. The van der Waals surface area contributed by atoms with Crippen LogP contribution in [-0.4, -0.2) is 34.5 Å². The Kier molecular flexibility index (Phi) is 5.24. The van der Waals surface area contributed by atoms with Crippen LogP contribution >= 0.6 is 0 Å². The van der Waals surface area contributed by atoms with Crippen LogP contribution in [-0.2, 0) is 0 Å². The SMILES string of the molecule is C[C@H]1CC[C@H]([C@](C)(O)[C@H]2CC[C@H]3[C@@H]4CC=C5C[C@@H](O)CC[C@]5(C)[C@H]4CC[C@]23C)NC1. The standard InChI is InChI=1S/C27H45NO2/c1-17-5-10-24(28-16-17)27(4,30)23-9-8-21-20-7-6-18-15-19(29)11-13-25(18,2)22(20)12-14-26(21,23)3/h6,17,19-24,28-30H,5,7-16H2,1-4H3/t17-,19-,20-,21-,22-,23-,24+,25-,26-,27+/m0/s1. The van der Waals surface area contributed by atoms with E-state index in [-0.39, 0.29) is 17.6 Å². The Morgan fingerprint density at radius 2 is 1.83 bits per heavy atom. The molecule has 4 fully saturated rings. The Hall–Kier alpha value is -0.380. The van der Waals surface area contributed by atoms with E-state index in [9.17, 15) is 10.2 Å². The van der Waals surface area contributed by atoms with Gasteiger partial charge in [-0.25, -0.2) is 0 Å². The lowest BCUT2D eigenvalue weighted by molar-refractivity contribution is -0.119. The summed E-state index contributed by atoms with van der Waals surface area (Å²) in [5.74, 6) is 3.44. The molecule has 5 aliphatic rings. The molecule has 0 aromatic rings. The first-order chi connectivity index (χ1) is 14.2. The first kappa shape index (κ1) is 21.5. The minimum atomic E-state index is -0.606. The van der Waals surface area contributed by atoms with Crippen LogP contribution in [0.1, 0.15) is 91.9 Å². The third kappa shape index (κ3) is 3.09. The zero-order chi connectivity index (χ0) is 21.3. The summed E-state index contributed by atoms with van der Waals surface area (Å²) in [6.45, 7) is 10.6. The van der Waals surface area contributed by atoms with E-state index in [2.05, 4.69) is 39.1 Å². The van der Waals surface area contributed by atoms with Crippen molar-refractivity contribution in [3.8, 4) is 0 Å². The van der Waals surface area contributed by atoms with Crippen molar-refractivity contribution in [3.05, 3.63) is 11.6 Å². The number of hydrogen-bond donors (Lipinski definition) is 3. The normalized spacial score (nSPS) is 53.1. The summed E-state index contributed by atoms with van der Waals surface area (Å²) in [5.41, 5.74) is 1.54. The van der Waals surface area contributed by atoms with Crippen molar-refractivity contribution < 1.29 is 10.2 Å². The monoisotopic (exact) mass is 415 g/mol. The topological polar surface area (TPSA) is 52.5 Å². The molecule has 0 aromatic carbocycles. The van der Waals surface area contributed by atoms with Crippen LogP contribution in [0, 0.1) is 40.4 Å². The Bertz CT molecular complexity index is 693. The third-order valence-corrected chi connectivity index (χ3v) is 11.1. The number of nitrogens with one attached hydrogen (secondary N) is 1. The molecular weight excluding hydrogens is 370 g/mol. The lowest BCUT2D eigenvalue weighted by Crippen LogP contribution is -2.60. The summed E-state index contributed by atoms with van der Waals surface area (Å²) in [4.78, 5) is 0. The van der Waals surface area contributed by atoms with E-state index >= 15 is 0 Å². The van der Waals surface area contributed by atoms with E-state index in [4.69, 9.17) is 0 Å². The highest BCUT2D eigenvalue weighted by Crippen LogP contribution is 2.67. The molecule has 0 unspecified atom stereocenters. The number of aliphatic hydroxyl groups excluding tert-OH is 1. The summed E-state index contributed by atoms with van der Waals surface area (Å²) in [5, 5.41) is 25.8. The molecule has 1 heterocycles. The first-order valence-corrected chi connectivity index (χ1v) is 13.0. The second-order valence-electron chi connectivity index (χ2n) is 12.7. The van der Waals surface area contributed by atoms with Crippen LogP contribution < -0.4 is 5.32 Å². The van der Waals surface area contributed by atoms with Crippen LogP contribution in [0.5, 0.6) is 0 Å². The molecule has 30 heavy (non-hydrogen) atoms. The van der Waals surface area contributed by atoms with E-state index in [1.54, 1.807) is 5.57 Å². The quantitative estimate of drug-likeness (QED) is 0.552. The van der Waals surface area contributed by atoms with Crippen molar-refractivity contribution >= 4 is 0 Å². The smallest absolute Gasteiger partial charge is 0.0805 e. The Labute approximate surface area is 184 Å². The van der Waals surface area contributed by atoms with Gasteiger partial charge in [-0.05, 0) is 118 Å². The zero-order valence-corrected chi connectivity index (χ0v) is 19.8. The van der Waals surface area contributed by atoms with Gasteiger partial charge in [0.15, 0.2) is 0 Å². The number of piperidine rings is 1. The predicted octanol–water partition coefficient (Wildman–Crippen LogP) is 5.07. The van der Waals surface area contributed by atoms with Gasteiger partial charge in [-0.3, -0.25) is 0 Å². The zero-order valence-electron chi connectivity index (χ0n) is 19.8. The van der Waals surface area contributed by atoms with Crippen LogP contribution in [0.2, 0.25) is 0 Å². The molecule has 0 amide bonds. The minimum absolute atomic E-state index is 0.119. The maximum atomic E-state index is 11.9. The van der Waals surface area contributed by atoms with Gasteiger partial charge in [-0.1, -0.05) is 32.4 Å². The second-order valence-corrected chi connectivity index (χ2v) is 12.7. The largest absolute Gasteiger partial charge is 0.393 e. The number of fused-ring (bicyclic) bond motifs is 5. The maximum Gasteiger partial charge on any atom is 0.0805 e. The van der Waals surface area contributed by atoms with Crippen LogP contribution in [0.4, 0.5) is 0 Å². The van der Waals surface area contributed by atoms with E-state index in [0.29, 0.717) is 11.3 Å². The Morgan fingerprint density at radius 3 is 2.57 bits per heavy atom. The summed E-state index contributed by atoms with van der Waals surface area (Å²) < 4.78 is 0. The van der Waals surface area contributed by atoms with Crippen molar-refractivity contribution in [1.29, 1.82) is 0 Å². The number of rotatable bonds is 2. The highest BCUT2D eigenvalue weighted by molar-refractivity contribution is 5.25. The fourth-order valence-corrected chi connectivity index (χ4v) is 9.34. The van der Waals surface area contributed by atoms with Crippen LogP contribution in [0.3, 0.4) is 0 Å². The second kappa shape index (κ2) is 7.32. The van der Waals surface area contributed by atoms with Crippen molar-refractivity contribution in [3.63, 3.8) is 0 Å². The maximum absolute atomic E-state index is 11.9. The molecule has 3 saturated carbocycles. The molecule has 5 rings (SSSR count). The van der Waals surface area contributed by atoms with Crippen LogP contribution in [0.25, 0.3) is 0 Å². The summed E-state index contributed by atoms with van der Waals surface area (Å²) in [6, 6.07) is 0.252. The van der Waals surface area contributed by atoms with Gasteiger partial charge in [0.2, 0.25) is 0 Å². The third-order valence-electron chi connectivity index (χ3n) is 11.1. The average molecular weight is 416 g/mol. The molecule has 0 bridgehead atoms. The molecule has 1 saturated heterocycles. The highest BCUT2D eigenvalue weighted by Gasteiger charge is 2.62. The van der Waals surface area contributed by atoms with Gasteiger partial charge < -0.3 is 15.5 Å². The first-order valence-electron chi connectivity index (χ1n) is 13.0. The van der Waals surface area contributed by atoms with Crippen molar-refractivity contribution in [2.24, 2.45) is 40.4 Å². The molecule has 1 aliphatic heterocycles. The Morgan fingerprint density at radius 1 is 1.03 bits per heavy atom. The highest BCUT2D eigenvalue weighted by atomic mass is 16.3. The molecule has 10 atom stereocenters. The van der Waals surface area contributed by atoms with Crippen molar-refractivity contribution in [2.45, 2.75) is 110 Å². The summed E-state index contributed by atoms with van der Waals surface area (Å²) in [6.07, 6.45) is 14.1. The molecule has 3 N–H and O–H groups in total. The molecule has 170 valence electrons. The van der Waals surface area contributed by atoms with Crippen LogP contribution in [0.15, 0.2) is 11.6 Å². The summed E-state index contributed by atoms with van der Waals surface area (Å²) >= 11 is 0. The summed E-state index contributed by atoms with van der Waals surface area (Å²) in [7, 11) is 0. The predicted molar refractivity (Wildman–Crippen MR) is 122 cm³/mol. The van der Waals surface area contributed by atoms with Gasteiger partial charge in [0.1, 0.15) is 0 Å². The van der Waals surface area contributed by atoms with E-state index in [1.807, 2.05) is 0 Å². The van der Waals surface area contributed by atoms with E-state index < -0.39 is 5.60 Å². The van der Waals surface area contributed by atoms with Crippen molar-refractivity contribution in [2.75, 3.05) is 6.54 Å². The van der Waals surface area contributed by atoms with Crippen molar-refractivity contribution in [1.82, 2.24) is 5.32 Å². The Balaban J connectivity index is 1.39. The van der Waals surface area contributed by atoms with Gasteiger partial charge in [-0.15, -0.1) is 0 Å². The van der Waals surface area contributed by atoms with Gasteiger partial charge in [0.25, 0.3) is 0 Å². The van der Waals surface area contributed by atoms with Gasteiger partial charge in [0.05, 0.1) is 11.7 Å². The van der Waals surface area contributed by atoms with E-state index in [0.717, 1.165) is 55.9 Å². The fraction of sp³-hybridized carbons (Fsp3) is 0.926. The molecule has 4 aliphatic carbocycles. The van der Waals surface area contributed by atoms with Gasteiger partial charge in [-0.2, -0.15) is 0 Å². The van der Waals surface area contributed by atoms with Gasteiger partial charge in [0, 0.05) is 6.04 Å². The molecule has 0 radical (unpaired) electrons. The average Bonchev–Trinajstić information content (AvgIpc) is 3.07. The molecule has 3 heteroatoms. The molecular formula is C27H45NO2. The molecule has 0 spiro atoms. The number of allylic oxidation sites excluding steroid dienone is 1. The lowest BCUT2D eigenvalue weighted by Gasteiger charge is -2.59. The van der Waals surface area contributed by atoms with Gasteiger partial charge >= 0.3 is 0 Å². The lowest BCUT2D eigenvalue weighted by atomic mass is 9.46. The minimum Gasteiger partial charge on any atom is -0.393 e. The number of aliphatic hydroxyl groups is 2. The number of hydrogen-bond acceptors (Lipinski definition) is 3.